The summed E-state index contributed by atoms with van der Waals surface area (Å²) >= 11 is 0. The summed E-state index contributed by atoms with van der Waals surface area (Å²) in [6.07, 6.45) is 6.73. The number of carbonyl (C=O) groups is 3. The predicted octanol–water partition coefficient (Wildman–Crippen LogP) is 4.76. The minimum absolute atomic E-state index is 0.169. The van der Waals surface area contributed by atoms with Gasteiger partial charge in [0.15, 0.2) is 0 Å². The Morgan fingerprint density at radius 2 is 1.55 bits per heavy atom. The van der Waals surface area contributed by atoms with Gasteiger partial charge in [0.25, 0.3) is 5.91 Å². The van der Waals surface area contributed by atoms with Crippen LogP contribution in [0.1, 0.15) is 113 Å². The third kappa shape index (κ3) is 9.19. The van der Waals surface area contributed by atoms with Gasteiger partial charge in [-0.25, -0.2) is 14.6 Å². The van der Waals surface area contributed by atoms with Gasteiger partial charge in [0.2, 0.25) is 5.37 Å². The Balaban J connectivity index is 2.26. The van der Waals surface area contributed by atoms with Gasteiger partial charge in [-0.2, -0.15) is 13.5 Å². The predicted molar refractivity (Wildman–Crippen MR) is 161 cm³/mol. The highest BCUT2D eigenvalue weighted by Gasteiger charge is 2.53. The van der Waals surface area contributed by atoms with Crippen molar-refractivity contribution in [3.8, 4) is 0 Å². The Morgan fingerprint density at radius 1 is 1.00 bits per heavy atom. The second-order valence-electron chi connectivity index (χ2n) is 12.8. The quantitative estimate of drug-likeness (QED) is 0.195. The lowest BCUT2D eigenvalue weighted by molar-refractivity contribution is -0.939. The molecule has 12 nitrogen and oxygen atoms in total. The number of ether oxygens (including phenoxy) is 1. The Bertz CT molecular complexity index is 995. The number of fused-ring (bicyclic) bond motifs is 2. The number of nitrogens with zero attached hydrogens (tertiary/aromatic N) is 4. The molecule has 2 saturated heterocycles. The number of hydrazine groups is 1. The van der Waals surface area contributed by atoms with Crippen LogP contribution in [0.15, 0.2) is 0 Å². The smallest absolute Gasteiger partial charge is 0.428 e. The van der Waals surface area contributed by atoms with Crippen LogP contribution in [0.5, 0.6) is 0 Å². The molecule has 0 aromatic rings. The van der Waals surface area contributed by atoms with Crippen LogP contribution in [0.3, 0.4) is 0 Å². The Hall–Kier alpha value is -2.12. The molecule has 2 aliphatic rings. The van der Waals surface area contributed by atoms with Gasteiger partial charge in [0.1, 0.15) is 11.6 Å². The zero-order chi connectivity index (χ0) is 31.7. The van der Waals surface area contributed by atoms with Crippen LogP contribution < -0.4 is 5.43 Å². The van der Waals surface area contributed by atoms with E-state index in [1.165, 1.54) is 11.9 Å². The fourth-order valence-electron chi connectivity index (χ4n) is 5.91. The number of piperidine rings is 1. The van der Waals surface area contributed by atoms with Gasteiger partial charge in [0, 0.05) is 20.0 Å². The standard InChI is InChI=1S/C29H55N5O7S/c1-9-13-19-34(20-14-10-2,21-15-11-3)25(16-12-4)42(38,39)41-33-23-17-18-24(32(22-23)27(33)36)26(35)30-31(8)28(37)40-29(5,6)7/h23-25H,9-22H2,1-8H3/p+1/t23-,24+,25?/m1/s1. The summed E-state index contributed by atoms with van der Waals surface area (Å²) in [4.78, 5) is 40.3. The van der Waals surface area contributed by atoms with Crippen molar-refractivity contribution in [2.75, 3.05) is 33.2 Å². The first-order valence-electron chi connectivity index (χ1n) is 15.8. The average molecular weight is 619 g/mol. The van der Waals surface area contributed by atoms with Crippen LogP contribution in [0, 0.1) is 0 Å². The summed E-state index contributed by atoms with van der Waals surface area (Å²) < 4.78 is 39.7. The third-order valence-corrected chi connectivity index (χ3v) is 9.82. The Labute approximate surface area is 253 Å². The van der Waals surface area contributed by atoms with E-state index in [1.807, 2.05) is 6.92 Å². The van der Waals surface area contributed by atoms with Gasteiger partial charge in [-0.15, -0.1) is 4.28 Å². The molecule has 2 fully saturated rings. The summed E-state index contributed by atoms with van der Waals surface area (Å²) in [6, 6.07) is -1.99. The van der Waals surface area contributed by atoms with E-state index >= 15 is 0 Å². The van der Waals surface area contributed by atoms with Crippen molar-refractivity contribution in [1.82, 2.24) is 20.4 Å². The topological polar surface area (TPSA) is 126 Å². The van der Waals surface area contributed by atoms with Crippen molar-refractivity contribution in [3.05, 3.63) is 0 Å². The molecule has 0 aliphatic carbocycles. The molecule has 2 aliphatic heterocycles. The van der Waals surface area contributed by atoms with Crippen molar-refractivity contribution >= 4 is 28.1 Å². The van der Waals surface area contributed by atoms with Gasteiger partial charge >= 0.3 is 22.2 Å². The SMILES string of the molecule is CCCC[N+](CCCC)(CCCC)C(CCC)S(=O)(=O)ON1C(=O)N2C[C@H]1CC[C@H]2C(=O)NN(C)C(=O)OC(C)(C)C. The number of hydroxylamine groups is 2. The van der Waals surface area contributed by atoms with E-state index in [9.17, 15) is 22.8 Å². The van der Waals surface area contributed by atoms with Crippen LogP contribution in [0.25, 0.3) is 0 Å². The molecule has 13 heteroatoms. The summed E-state index contributed by atoms with van der Waals surface area (Å²) in [5.41, 5.74) is 1.76. The van der Waals surface area contributed by atoms with Crippen molar-refractivity contribution in [2.24, 2.45) is 0 Å². The normalized spacial score (nSPS) is 20.0. The molecule has 0 spiro atoms. The van der Waals surface area contributed by atoms with Crippen LogP contribution >= 0.6 is 0 Å². The first-order chi connectivity index (χ1) is 19.7. The highest BCUT2D eigenvalue weighted by molar-refractivity contribution is 7.87. The summed E-state index contributed by atoms with van der Waals surface area (Å²) in [5.74, 6) is -0.543. The molecule has 0 radical (unpaired) electrons. The fraction of sp³-hybridized carbons (Fsp3) is 0.897. The van der Waals surface area contributed by atoms with Gasteiger partial charge < -0.3 is 14.1 Å². The monoisotopic (exact) mass is 618 g/mol. The lowest BCUT2D eigenvalue weighted by atomic mass is 10.0. The molecule has 4 amide bonds. The van der Waals surface area contributed by atoms with Crippen molar-refractivity contribution in [3.63, 3.8) is 0 Å². The molecular weight excluding hydrogens is 562 g/mol. The zero-order valence-electron chi connectivity index (χ0n) is 27.2. The van der Waals surface area contributed by atoms with Gasteiger partial charge in [-0.3, -0.25) is 10.2 Å². The maximum absolute atomic E-state index is 14.1. The summed E-state index contributed by atoms with van der Waals surface area (Å²) in [5, 5.41) is 1.16. The molecule has 3 atom stereocenters. The number of rotatable bonds is 16. The van der Waals surface area contributed by atoms with Crippen LogP contribution in [-0.2, 0) is 23.9 Å². The van der Waals surface area contributed by atoms with E-state index in [4.69, 9.17) is 9.02 Å². The minimum atomic E-state index is -4.19. The maximum Gasteiger partial charge on any atom is 0.428 e. The van der Waals surface area contributed by atoms with E-state index in [0.717, 1.165) is 68.2 Å². The number of hydrogen-bond acceptors (Lipinski definition) is 7. The number of urea groups is 1. The highest BCUT2D eigenvalue weighted by Crippen LogP contribution is 2.34. The summed E-state index contributed by atoms with van der Waals surface area (Å²) in [6.45, 7) is 15.9. The number of carbonyl (C=O) groups excluding carboxylic acids is 3. The molecule has 2 heterocycles. The Morgan fingerprint density at radius 3 is 2.02 bits per heavy atom. The van der Waals surface area contributed by atoms with Crippen LogP contribution in [-0.4, -0.2) is 102 Å². The molecule has 244 valence electrons. The van der Waals surface area contributed by atoms with E-state index in [1.54, 1.807) is 20.8 Å². The molecule has 2 bridgehead atoms. The molecule has 1 unspecified atom stereocenters. The molecular formula is C29H56N5O7S+. The molecule has 2 rings (SSSR count). The molecule has 0 aromatic carbocycles. The molecule has 1 N–H and O–H groups in total. The number of nitrogens with one attached hydrogen (secondary N) is 1. The molecule has 42 heavy (non-hydrogen) atoms. The molecule has 0 saturated carbocycles. The largest absolute Gasteiger partial charge is 0.442 e. The second kappa shape index (κ2) is 15.6. The lowest BCUT2D eigenvalue weighted by Crippen LogP contribution is -2.61. The van der Waals surface area contributed by atoms with Gasteiger partial charge in [-0.05, 0) is 59.3 Å². The van der Waals surface area contributed by atoms with Crippen molar-refractivity contribution in [1.29, 1.82) is 0 Å². The first kappa shape index (κ1) is 36.1. The van der Waals surface area contributed by atoms with E-state index in [2.05, 4.69) is 26.2 Å². The van der Waals surface area contributed by atoms with Crippen molar-refractivity contribution in [2.45, 2.75) is 136 Å². The number of hydrogen-bond donors (Lipinski definition) is 1. The van der Waals surface area contributed by atoms with Gasteiger partial charge in [0.05, 0.1) is 25.7 Å². The number of amides is 4. The highest BCUT2D eigenvalue weighted by atomic mass is 32.2. The van der Waals surface area contributed by atoms with Crippen molar-refractivity contribution < 1.29 is 36.3 Å². The van der Waals surface area contributed by atoms with Crippen LogP contribution in [0.4, 0.5) is 9.59 Å². The van der Waals surface area contributed by atoms with Gasteiger partial charge in [-0.1, -0.05) is 47.0 Å². The average Bonchev–Trinajstić information content (AvgIpc) is 3.14. The fourth-order valence-corrected chi connectivity index (χ4v) is 7.80. The number of unbranched alkanes of at least 4 members (excludes halogenated alkanes) is 3. The van der Waals surface area contributed by atoms with Crippen LogP contribution in [0.2, 0.25) is 0 Å². The minimum Gasteiger partial charge on any atom is -0.442 e. The van der Waals surface area contributed by atoms with E-state index in [-0.39, 0.29) is 6.54 Å². The molecule has 0 aromatic heterocycles. The Kier molecular flexibility index (Phi) is 13.4. The zero-order valence-corrected chi connectivity index (χ0v) is 28.0. The number of quaternary nitrogens is 1. The lowest BCUT2D eigenvalue weighted by Gasteiger charge is -2.44. The first-order valence-corrected chi connectivity index (χ1v) is 17.3. The maximum atomic E-state index is 14.1. The van der Waals surface area contributed by atoms with E-state index in [0.29, 0.717) is 30.2 Å². The van der Waals surface area contributed by atoms with E-state index < -0.39 is 51.2 Å². The second-order valence-corrected chi connectivity index (χ2v) is 14.5. The summed E-state index contributed by atoms with van der Waals surface area (Å²) in [7, 11) is -2.82. The third-order valence-electron chi connectivity index (χ3n) is 8.11.